The number of nitrogens with zero attached hydrogens (tertiary/aromatic N) is 1. The molecule has 2 rings (SSSR count). The zero-order valence-corrected chi connectivity index (χ0v) is 8.95. The van der Waals surface area contributed by atoms with Gasteiger partial charge in [0.05, 0.1) is 5.71 Å². The monoisotopic (exact) mass is 208 g/mol. The standard InChI is InChI=1S/C11H16N2O2/c1-8-4-5-9(7-8)12-13-11(14)10-3-2-6-15-10/h7,10H,2-6H2,1H3,(H,13,14). The Balaban J connectivity index is 1.84. The summed E-state index contributed by atoms with van der Waals surface area (Å²) < 4.78 is 5.25. The minimum atomic E-state index is -0.291. The lowest BCUT2D eigenvalue weighted by Crippen LogP contribution is -2.31. The number of hydrogen-bond acceptors (Lipinski definition) is 3. The fourth-order valence-corrected chi connectivity index (χ4v) is 1.83. The van der Waals surface area contributed by atoms with Crippen molar-refractivity contribution in [2.75, 3.05) is 6.61 Å². The van der Waals surface area contributed by atoms with Gasteiger partial charge in [-0.1, -0.05) is 5.57 Å². The van der Waals surface area contributed by atoms with E-state index in [-0.39, 0.29) is 12.0 Å². The maximum Gasteiger partial charge on any atom is 0.269 e. The van der Waals surface area contributed by atoms with Crippen LogP contribution in [-0.4, -0.2) is 24.3 Å². The van der Waals surface area contributed by atoms with Gasteiger partial charge in [0.1, 0.15) is 6.10 Å². The average molecular weight is 208 g/mol. The van der Waals surface area contributed by atoms with Crippen LogP contribution >= 0.6 is 0 Å². The minimum absolute atomic E-state index is 0.113. The van der Waals surface area contributed by atoms with Crippen molar-refractivity contribution in [2.24, 2.45) is 5.10 Å². The molecule has 15 heavy (non-hydrogen) atoms. The molecule has 0 aromatic rings. The van der Waals surface area contributed by atoms with Crippen molar-refractivity contribution in [3.63, 3.8) is 0 Å². The summed E-state index contributed by atoms with van der Waals surface area (Å²) >= 11 is 0. The molecule has 1 aliphatic heterocycles. The van der Waals surface area contributed by atoms with Crippen molar-refractivity contribution in [3.8, 4) is 0 Å². The second-order valence-electron chi connectivity index (χ2n) is 4.07. The molecule has 1 N–H and O–H groups in total. The number of rotatable bonds is 2. The lowest BCUT2D eigenvalue weighted by Gasteiger charge is -2.06. The normalized spacial score (nSPS) is 28.2. The van der Waals surface area contributed by atoms with Gasteiger partial charge in [-0.2, -0.15) is 5.10 Å². The first-order valence-corrected chi connectivity index (χ1v) is 5.41. The van der Waals surface area contributed by atoms with E-state index in [1.54, 1.807) is 0 Å². The Morgan fingerprint density at radius 2 is 2.47 bits per heavy atom. The van der Waals surface area contributed by atoms with E-state index >= 15 is 0 Å². The summed E-state index contributed by atoms with van der Waals surface area (Å²) in [5, 5.41) is 4.08. The van der Waals surface area contributed by atoms with Gasteiger partial charge in [0, 0.05) is 6.61 Å². The van der Waals surface area contributed by atoms with Crippen LogP contribution in [0.2, 0.25) is 0 Å². The van der Waals surface area contributed by atoms with Crippen molar-refractivity contribution >= 4 is 11.6 Å². The lowest BCUT2D eigenvalue weighted by atomic mass is 10.2. The van der Waals surface area contributed by atoms with Gasteiger partial charge in [-0.3, -0.25) is 4.79 Å². The van der Waals surface area contributed by atoms with Crippen molar-refractivity contribution in [3.05, 3.63) is 11.6 Å². The highest BCUT2D eigenvalue weighted by atomic mass is 16.5. The number of allylic oxidation sites excluding steroid dienone is 2. The second kappa shape index (κ2) is 4.57. The zero-order chi connectivity index (χ0) is 10.7. The third-order valence-corrected chi connectivity index (χ3v) is 2.72. The minimum Gasteiger partial charge on any atom is -0.368 e. The molecular formula is C11H16N2O2. The van der Waals surface area contributed by atoms with Crippen LogP contribution in [-0.2, 0) is 9.53 Å². The fourth-order valence-electron chi connectivity index (χ4n) is 1.83. The van der Waals surface area contributed by atoms with Gasteiger partial charge in [-0.15, -0.1) is 0 Å². The molecule has 1 amide bonds. The van der Waals surface area contributed by atoms with Gasteiger partial charge in [-0.25, -0.2) is 5.43 Å². The van der Waals surface area contributed by atoms with Crippen molar-refractivity contribution in [1.82, 2.24) is 5.43 Å². The number of ether oxygens (including phenoxy) is 1. The zero-order valence-electron chi connectivity index (χ0n) is 8.95. The third-order valence-electron chi connectivity index (χ3n) is 2.72. The van der Waals surface area contributed by atoms with Gasteiger partial charge in [0.25, 0.3) is 5.91 Å². The van der Waals surface area contributed by atoms with Crippen molar-refractivity contribution in [2.45, 2.75) is 38.7 Å². The van der Waals surface area contributed by atoms with Crippen LogP contribution in [0.3, 0.4) is 0 Å². The van der Waals surface area contributed by atoms with Crippen molar-refractivity contribution in [1.29, 1.82) is 0 Å². The Kier molecular flexibility index (Phi) is 3.16. The van der Waals surface area contributed by atoms with Gasteiger partial charge in [0.15, 0.2) is 0 Å². The third kappa shape index (κ3) is 2.65. The molecule has 82 valence electrons. The highest BCUT2D eigenvalue weighted by Crippen LogP contribution is 2.15. The van der Waals surface area contributed by atoms with Gasteiger partial charge in [0.2, 0.25) is 0 Å². The maximum absolute atomic E-state index is 11.5. The Hall–Kier alpha value is -1.16. The lowest BCUT2D eigenvalue weighted by molar-refractivity contribution is -0.130. The first kappa shape index (κ1) is 10.4. The molecule has 0 spiro atoms. The van der Waals surface area contributed by atoms with Crippen molar-refractivity contribution < 1.29 is 9.53 Å². The number of hydrogen-bond donors (Lipinski definition) is 1. The van der Waals surface area contributed by atoms with Gasteiger partial charge in [-0.05, 0) is 38.7 Å². The van der Waals surface area contributed by atoms with Crippen LogP contribution in [0.15, 0.2) is 16.8 Å². The van der Waals surface area contributed by atoms with E-state index in [4.69, 9.17) is 4.74 Å². The van der Waals surface area contributed by atoms with Crippen LogP contribution in [0, 0.1) is 0 Å². The Bertz CT molecular complexity index is 315. The molecule has 0 radical (unpaired) electrons. The number of nitrogens with one attached hydrogen (secondary N) is 1. The highest BCUT2D eigenvalue weighted by Gasteiger charge is 2.23. The summed E-state index contributed by atoms with van der Waals surface area (Å²) in [5.74, 6) is -0.113. The van der Waals surface area contributed by atoms with E-state index in [0.717, 1.165) is 31.4 Å². The quantitative estimate of drug-likeness (QED) is 0.697. The summed E-state index contributed by atoms with van der Waals surface area (Å²) in [6.07, 6.45) is 5.49. The predicted molar refractivity (Wildman–Crippen MR) is 57.5 cm³/mol. The molecule has 1 unspecified atom stereocenters. The molecule has 1 aliphatic carbocycles. The Morgan fingerprint density at radius 3 is 3.07 bits per heavy atom. The molecule has 1 fully saturated rings. The molecule has 0 aromatic carbocycles. The highest BCUT2D eigenvalue weighted by molar-refractivity contribution is 5.98. The van der Waals surface area contributed by atoms with Crippen LogP contribution in [0.5, 0.6) is 0 Å². The van der Waals surface area contributed by atoms with E-state index in [1.807, 2.05) is 6.08 Å². The predicted octanol–water partition coefficient (Wildman–Crippen LogP) is 1.38. The topological polar surface area (TPSA) is 50.7 Å². The smallest absolute Gasteiger partial charge is 0.269 e. The molecule has 4 heteroatoms. The summed E-state index contributed by atoms with van der Waals surface area (Å²) in [5.41, 5.74) is 4.84. The molecule has 0 saturated carbocycles. The average Bonchev–Trinajstić information content (AvgIpc) is 2.84. The number of hydrazone groups is 1. The van der Waals surface area contributed by atoms with E-state index in [2.05, 4.69) is 17.5 Å². The molecule has 2 aliphatic rings. The largest absolute Gasteiger partial charge is 0.368 e. The maximum atomic E-state index is 11.5. The molecule has 1 saturated heterocycles. The summed E-state index contributed by atoms with van der Waals surface area (Å²) in [6.45, 7) is 2.76. The molecule has 0 aromatic heterocycles. The molecule has 1 heterocycles. The fraction of sp³-hybridized carbons (Fsp3) is 0.636. The van der Waals surface area contributed by atoms with E-state index in [9.17, 15) is 4.79 Å². The second-order valence-corrected chi connectivity index (χ2v) is 4.07. The van der Waals surface area contributed by atoms with Gasteiger partial charge >= 0.3 is 0 Å². The van der Waals surface area contributed by atoms with Crippen LogP contribution in [0.4, 0.5) is 0 Å². The molecule has 1 atom stereocenters. The summed E-state index contributed by atoms with van der Waals surface area (Å²) in [4.78, 5) is 11.5. The molecular weight excluding hydrogens is 192 g/mol. The SMILES string of the molecule is CC1=CC(=NNC(=O)C2CCCO2)CC1. The summed E-state index contributed by atoms with van der Waals surface area (Å²) in [7, 11) is 0. The number of carbonyl (C=O) groups is 1. The van der Waals surface area contributed by atoms with Crippen LogP contribution in [0.25, 0.3) is 0 Å². The number of amides is 1. The Morgan fingerprint density at radius 1 is 1.60 bits per heavy atom. The van der Waals surface area contributed by atoms with E-state index in [0.29, 0.717) is 6.61 Å². The van der Waals surface area contributed by atoms with Gasteiger partial charge < -0.3 is 4.74 Å². The van der Waals surface area contributed by atoms with Crippen LogP contribution in [0.1, 0.15) is 32.6 Å². The summed E-state index contributed by atoms with van der Waals surface area (Å²) in [6, 6.07) is 0. The molecule has 0 bridgehead atoms. The Labute approximate surface area is 89.4 Å². The molecule has 4 nitrogen and oxygen atoms in total. The van der Waals surface area contributed by atoms with E-state index < -0.39 is 0 Å². The first-order valence-electron chi connectivity index (χ1n) is 5.41. The first-order chi connectivity index (χ1) is 7.25. The van der Waals surface area contributed by atoms with Crippen LogP contribution < -0.4 is 5.43 Å². The van der Waals surface area contributed by atoms with E-state index in [1.165, 1.54) is 5.57 Å². The number of carbonyl (C=O) groups excluding carboxylic acids is 1.